The van der Waals surface area contributed by atoms with E-state index in [0.717, 1.165) is 39.1 Å². The van der Waals surface area contributed by atoms with Gasteiger partial charge in [-0.15, -0.1) is 0 Å². The molecule has 0 aliphatic carbocycles. The second kappa shape index (κ2) is 13.2. The molecule has 4 aromatic carbocycles. The van der Waals surface area contributed by atoms with Crippen molar-refractivity contribution in [2.45, 2.75) is 60.7 Å². The van der Waals surface area contributed by atoms with Crippen LogP contribution in [0.3, 0.4) is 0 Å². The zero-order valence-electron chi connectivity index (χ0n) is 26.0. The maximum Gasteiger partial charge on any atom is 0.647 e. The second-order valence-corrected chi connectivity index (χ2v) is 14.6. The molecule has 0 bridgehead atoms. The van der Waals surface area contributed by atoms with Crippen LogP contribution in [0.2, 0.25) is 0 Å². The molecule has 0 aliphatic rings. The molecule has 0 amide bonds. The number of phosphoric acid groups is 1. The Labute approximate surface area is 255 Å². The third-order valence-corrected chi connectivity index (χ3v) is 9.86. The van der Waals surface area contributed by atoms with Crippen LogP contribution in [0, 0.1) is 41.5 Å². The van der Waals surface area contributed by atoms with E-state index in [4.69, 9.17) is 23.0 Å². The van der Waals surface area contributed by atoms with Gasteiger partial charge in [0.25, 0.3) is 11.7 Å². The highest BCUT2D eigenvalue weighted by Gasteiger charge is 2.43. The summed E-state index contributed by atoms with van der Waals surface area (Å²) >= 11 is 0. The Morgan fingerprint density at radius 3 is 1.47 bits per heavy atom. The second-order valence-electron chi connectivity index (χ2n) is 11.1. The summed E-state index contributed by atoms with van der Waals surface area (Å²) < 4.78 is 57.8. The minimum absolute atomic E-state index is 0.0911. The maximum atomic E-state index is 14.3. The van der Waals surface area contributed by atoms with Gasteiger partial charge in [0.2, 0.25) is 0 Å². The summed E-state index contributed by atoms with van der Waals surface area (Å²) in [5, 5.41) is -0.978. The zero-order chi connectivity index (χ0) is 31.4. The molecule has 0 radical (unpaired) electrons. The third-order valence-electron chi connectivity index (χ3n) is 6.96. The lowest BCUT2D eigenvalue weighted by atomic mass is 10.1. The molecule has 1 unspecified atom stereocenters. The van der Waals surface area contributed by atoms with Crippen molar-refractivity contribution in [2.24, 2.45) is 0 Å². The fourth-order valence-corrected chi connectivity index (χ4v) is 6.74. The van der Waals surface area contributed by atoms with Gasteiger partial charge in [0, 0.05) is 19.9 Å². The predicted octanol–water partition coefficient (Wildman–Crippen LogP) is 10.2. The molecule has 0 fully saturated rings. The van der Waals surface area contributed by atoms with Crippen molar-refractivity contribution in [1.29, 1.82) is 0 Å². The van der Waals surface area contributed by atoms with Crippen LogP contribution in [0.4, 0.5) is 0 Å². The smallest absolute Gasteiger partial charge is 0.449 e. The van der Waals surface area contributed by atoms with E-state index in [-0.39, 0.29) is 12.1 Å². The Morgan fingerprint density at radius 1 is 0.605 bits per heavy atom. The van der Waals surface area contributed by atoms with E-state index in [9.17, 15) is 9.13 Å². The van der Waals surface area contributed by atoms with Gasteiger partial charge in [-0.3, -0.25) is 0 Å². The van der Waals surface area contributed by atoms with E-state index >= 15 is 0 Å². The molecule has 0 saturated heterocycles. The highest BCUT2D eigenvalue weighted by atomic mass is 31.2. The van der Waals surface area contributed by atoms with Crippen molar-refractivity contribution in [1.82, 2.24) is 0 Å². The Morgan fingerprint density at radius 2 is 1.00 bits per heavy atom. The number of benzene rings is 4. The summed E-state index contributed by atoms with van der Waals surface area (Å²) in [6, 6.07) is 23.7. The monoisotopic (exact) mass is 621 g/mol. The van der Waals surface area contributed by atoms with Gasteiger partial charge in [0.15, 0.2) is 0 Å². The lowest BCUT2D eigenvalue weighted by molar-refractivity contribution is 0.188. The highest BCUT2D eigenvalue weighted by Crippen LogP contribution is 2.52. The normalized spacial score (nSPS) is 12.0. The van der Waals surface area contributed by atoms with Crippen LogP contribution in [-0.4, -0.2) is 11.7 Å². The third kappa shape index (κ3) is 7.98. The summed E-state index contributed by atoms with van der Waals surface area (Å²) in [5.74, 6) is 2.16. The molecular weight excluding hydrogens is 582 g/mol. The predicted molar refractivity (Wildman–Crippen MR) is 171 cm³/mol. The number of phosphoric ester groups is 1. The topological polar surface area (TPSA) is 80.3 Å². The average molecular weight is 622 g/mol. The van der Waals surface area contributed by atoms with Crippen LogP contribution in [0.5, 0.6) is 28.7 Å². The number of aryl methyl sites for hydroxylation is 6. The zero-order valence-corrected chi connectivity index (χ0v) is 27.8. The van der Waals surface area contributed by atoms with Gasteiger partial charge in [-0.2, -0.15) is 4.57 Å². The largest absolute Gasteiger partial charge is 0.647 e. The van der Waals surface area contributed by atoms with E-state index in [1.807, 2.05) is 96.1 Å². The first-order valence-electron chi connectivity index (χ1n) is 14.0. The van der Waals surface area contributed by atoms with Crippen molar-refractivity contribution < 1.29 is 32.2 Å². The molecule has 0 heterocycles. The first-order chi connectivity index (χ1) is 20.3. The average Bonchev–Trinajstić information content (AvgIpc) is 2.94. The van der Waals surface area contributed by atoms with E-state index in [1.165, 1.54) is 0 Å². The van der Waals surface area contributed by atoms with Gasteiger partial charge in [-0.05, 0) is 87.1 Å². The first kappa shape index (κ1) is 32.1. The van der Waals surface area contributed by atoms with Crippen molar-refractivity contribution in [3.05, 3.63) is 112 Å². The number of hydrogen-bond acceptors (Lipinski definition) is 7. The Bertz CT molecular complexity index is 1560. The van der Waals surface area contributed by atoms with Crippen LogP contribution in [0.25, 0.3) is 0 Å². The minimum Gasteiger partial charge on any atom is -0.449 e. The summed E-state index contributed by atoms with van der Waals surface area (Å²) in [4.78, 5) is 0. The lowest BCUT2D eigenvalue weighted by Gasteiger charge is -2.23. The lowest BCUT2D eigenvalue weighted by Crippen LogP contribution is -2.26. The molecule has 226 valence electrons. The summed E-state index contributed by atoms with van der Waals surface area (Å²) in [7, 11) is -6.21. The first-order valence-corrected chi connectivity index (χ1v) is 16.9. The van der Waals surface area contributed by atoms with Gasteiger partial charge in [-0.1, -0.05) is 65.2 Å². The van der Waals surface area contributed by atoms with Crippen molar-refractivity contribution in [2.75, 3.05) is 6.35 Å². The van der Waals surface area contributed by atoms with E-state index in [1.54, 1.807) is 38.1 Å². The van der Waals surface area contributed by atoms with E-state index in [2.05, 4.69) is 0 Å². The molecule has 0 saturated carbocycles. The van der Waals surface area contributed by atoms with Crippen LogP contribution in [-0.2, 0) is 9.13 Å². The van der Waals surface area contributed by atoms with Gasteiger partial charge in [-0.25, -0.2) is 0 Å². The summed E-state index contributed by atoms with van der Waals surface area (Å²) in [6.07, 6.45) is -0.0911. The molecule has 0 spiro atoms. The highest BCUT2D eigenvalue weighted by molar-refractivity contribution is 7.49. The van der Waals surface area contributed by atoms with Gasteiger partial charge in [0.1, 0.15) is 28.7 Å². The van der Waals surface area contributed by atoms with E-state index < -0.39 is 21.0 Å². The number of rotatable bonds is 12. The van der Waals surface area contributed by atoms with Crippen molar-refractivity contribution in [3.8, 4) is 28.7 Å². The number of para-hydroxylation sites is 3. The van der Waals surface area contributed by atoms with Crippen molar-refractivity contribution >= 4 is 15.6 Å². The van der Waals surface area contributed by atoms with Gasteiger partial charge >= 0.3 is 15.6 Å². The van der Waals surface area contributed by atoms with Gasteiger partial charge < -0.3 is 23.0 Å². The fourth-order valence-electron chi connectivity index (χ4n) is 4.47. The number of hydrogen-bond donors (Lipinski definition) is 0. The molecule has 1 atom stereocenters. The summed E-state index contributed by atoms with van der Waals surface area (Å²) in [5.41, 5.74) is 5.11. The standard InChI is InChI=1S/C34H39O7P2/c1-23-13-9-14-24(2)31(23)38-34(7,8)42(35)22-37-29-19-12-20-30(21-29)39-43(36,40-32-25(3)15-10-16-26(32)4)41-33-27(5)17-11-18-28(33)6/h9-21H,22H2,1-8H3/q+1. The molecule has 0 aromatic heterocycles. The van der Waals surface area contributed by atoms with Crippen molar-refractivity contribution in [3.63, 3.8) is 0 Å². The molecule has 7 nitrogen and oxygen atoms in total. The fraction of sp³-hybridized carbons (Fsp3) is 0.294. The molecule has 0 aliphatic heterocycles. The molecule has 4 rings (SSSR count). The van der Waals surface area contributed by atoms with Crippen LogP contribution < -0.4 is 23.0 Å². The van der Waals surface area contributed by atoms with Gasteiger partial charge in [0.05, 0.1) is 0 Å². The Hall–Kier alpha value is -3.79. The maximum absolute atomic E-state index is 14.3. The SMILES string of the molecule is Cc1cccc(C)c1OC(C)(C)[P+](=O)COc1cccc(OP(=O)(Oc2c(C)cccc2C)Oc2c(C)cccc2C)c1. The summed E-state index contributed by atoms with van der Waals surface area (Å²) in [6.45, 7) is 15.0. The van der Waals surface area contributed by atoms with Crippen LogP contribution >= 0.6 is 15.6 Å². The molecule has 4 aromatic rings. The molecular formula is C34H39O7P2+. The van der Waals surface area contributed by atoms with Crippen LogP contribution in [0.1, 0.15) is 47.2 Å². The minimum atomic E-state index is -4.26. The number of ether oxygens (including phenoxy) is 2. The Balaban J connectivity index is 1.54. The van der Waals surface area contributed by atoms with E-state index in [0.29, 0.717) is 17.2 Å². The van der Waals surface area contributed by atoms with Crippen LogP contribution in [0.15, 0.2) is 78.9 Å². The quantitative estimate of drug-likeness (QED) is 0.146. The molecule has 9 heteroatoms. The Kier molecular flexibility index (Phi) is 9.89. The molecule has 43 heavy (non-hydrogen) atoms. The molecule has 0 N–H and O–H groups in total.